The molecule has 2 N–H and O–H groups in total. The molecule has 1 saturated heterocycles. The highest BCUT2D eigenvalue weighted by Crippen LogP contribution is 2.25. The number of aliphatic hydroxyl groups is 2. The molecule has 0 spiro atoms. The summed E-state index contributed by atoms with van der Waals surface area (Å²) >= 11 is 0. The third kappa shape index (κ3) is 3.33. The molecular formula is C15H21NO3. The summed E-state index contributed by atoms with van der Waals surface area (Å²) in [6.45, 7) is 2.40. The van der Waals surface area contributed by atoms with E-state index in [1.807, 2.05) is 18.2 Å². The maximum atomic E-state index is 12.3. The molecule has 1 heterocycles. The molecule has 19 heavy (non-hydrogen) atoms. The fraction of sp³-hybridized carbons (Fsp3) is 0.533. The van der Waals surface area contributed by atoms with Crippen molar-refractivity contribution in [2.24, 2.45) is 0 Å². The summed E-state index contributed by atoms with van der Waals surface area (Å²) in [5.74, 6) is -0.255. The van der Waals surface area contributed by atoms with E-state index in [1.165, 1.54) is 0 Å². The van der Waals surface area contributed by atoms with Gasteiger partial charge < -0.3 is 15.1 Å². The minimum atomic E-state index is -1.10. The molecule has 3 atom stereocenters. The van der Waals surface area contributed by atoms with Crippen LogP contribution in [0.5, 0.6) is 0 Å². The molecule has 1 aromatic carbocycles. The third-order valence-electron chi connectivity index (χ3n) is 3.62. The van der Waals surface area contributed by atoms with E-state index in [2.05, 4.69) is 0 Å². The van der Waals surface area contributed by atoms with E-state index in [1.54, 1.807) is 24.0 Å². The Morgan fingerprint density at radius 3 is 2.68 bits per heavy atom. The number of carbonyl (C=O) groups is 1. The van der Waals surface area contributed by atoms with Gasteiger partial charge in [-0.15, -0.1) is 0 Å². The molecule has 1 aliphatic rings. The summed E-state index contributed by atoms with van der Waals surface area (Å²) in [7, 11) is 0. The lowest BCUT2D eigenvalue weighted by Gasteiger charge is -2.27. The lowest BCUT2D eigenvalue weighted by atomic mass is 10.1. The number of nitrogens with zero attached hydrogens (tertiary/aromatic N) is 1. The number of hydrogen-bond donors (Lipinski definition) is 2. The van der Waals surface area contributed by atoms with Gasteiger partial charge in [-0.3, -0.25) is 4.79 Å². The molecular weight excluding hydrogens is 242 g/mol. The van der Waals surface area contributed by atoms with Gasteiger partial charge in [0.1, 0.15) is 0 Å². The summed E-state index contributed by atoms with van der Waals surface area (Å²) in [6.07, 6.45) is 0.888. The zero-order chi connectivity index (χ0) is 13.8. The molecule has 1 fully saturated rings. The van der Waals surface area contributed by atoms with Crippen LogP contribution < -0.4 is 0 Å². The zero-order valence-electron chi connectivity index (χ0n) is 11.2. The van der Waals surface area contributed by atoms with Crippen LogP contribution in [0.15, 0.2) is 30.3 Å². The van der Waals surface area contributed by atoms with E-state index in [9.17, 15) is 15.0 Å². The van der Waals surface area contributed by atoms with Crippen molar-refractivity contribution >= 4 is 5.91 Å². The molecule has 0 saturated carbocycles. The molecule has 0 bridgehead atoms. The largest absolute Gasteiger partial charge is 0.393 e. The first-order valence-electron chi connectivity index (χ1n) is 6.81. The molecule has 1 aromatic rings. The van der Waals surface area contributed by atoms with Crippen LogP contribution in [-0.4, -0.2) is 39.7 Å². The van der Waals surface area contributed by atoms with Gasteiger partial charge in [-0.2, -0.15) is 0 Å². The Morgan fingerprint density at radius 2 is 2.05 bits per heavy atom. The standard InChI is InChI=1S/C15H21NO3/c1-11(17)10-13-8-5-9-16(13)15(19)14(18)12-6-3-2-4-7-12/h2-4,6-7,11,13-14,17-18H,5,8-10H2,1H3/t11?,13?,14-/m0/s1. The van der Waals surface area contributed by atoms with Gasteiger partial charge in [-0.1, -0.05) is 30.3 Å². The van der Waals surface area contributed by atoms with Crippen LogP contribution in [0.2, 0.25) is 0 Å². The van der Waals surface area contributed by atoms with Crippen LogP contribution in [0.25, 0.3) is 0 Å². The van der Waals surface area contributed by atoms with Crippen molar-refractivity contribution in [3.63, 3.8) is 0 Å². The van der Waals surface area contributed by atoms with Crippen molar-refractivity contribution in [2.75, 3.05) is 6.54 Å². The number of aliphatic hydroxyl groups excluding tert-OH is 2. The zero-order valence-corrected chi connectivity index (χ0v) is 11.2. The molecule has 1 aliphatic heterocycles. The number of hydrogen-bond acceptors (Lipinski definition) is 3. The van der Waals surface area contributed by atoms with E-state index in [4.69, 9.17) is 0 Å². The van der Waals surface area contributed by atoms with E-state index < -0.39 is 12.2 Å². The molecule has 4 heteroatoms. The summed E-state index contributed by atoms with van der Waals surface area (Å²) in [4.78, 5) is 14.0. The Bertz CT molecular complexity index is 419. The normalized spacial score (nSPS) is 22.3. The monoisotopic (exact) mass is 263 g/mol. The van der Waals surface area contributed by atoms with Gasteiger partial charge in [0.05, 0.1) is 6.10 Å². The van der Waals surface area contributed by atoms with Gasteiger partial charge in [0.2, 0.25) is 0 Å². The molecule has 2 rings (SSSR count). The van der Waals surface area contributed by atoms with E-state index in [-0.39, 0.29) is 11.9 Å². The molecule has 0 aromatic heterocycles. The highest BCUT2D eigenvalue weighted by molar-refractivity contribution is 5.82. The maximum Gasteiger partial charge on any atom is 0.256 e. The topological polar surface area (TPSA) is 60.8 Å². The van der Waals surface area contributed by atoms with Crippen LogP contribution in [0.1, 0.15) is 37.9 Å². The van der Waals surface area contributed by atoms with Crippen LogP contribution >= 0.6 is 0 Å². The van der Waals surface area contributed by atoms with Gasteiger partial charge in [0.25, 0.3) is 5.91 Å². The fourth-order valence-electron chi connectivity index (χ4n) is 2.70. The van der Waals surface area contributed by atoms with Crippen molar-refractivity contribution in [3.05, 3.63) is 35.9 Å². The Morgan fingerprint density at radius 1 is 1.37 bits per heavy atom. The lowest BCUT2D eigenvalue weighted by Crippen LogP contribution is -2.40. The third-order valence-corrected chi connectivity index (χ3v) is 3.62. The van der Waals surface area contributed by atoms with Crippen LogP contribution in [0, 0.1) is 0 Å². The molecule has 1 amide bonds. The molecule has 0 aliphatic carbocycles. The minimum absolute atomic E-state index is 0.0471. The first-order valence-corrected chi connectivity index (χ1v) is 6.81. The van der Waals surface area contributed by atoms with Crippen molar-refractivity contribution in [1.82, 2.24) is 4.90 Å². The van der Waals surface area contributed by atoms with Gasteiger partial charge in [-0.05, 0) is 31.7 Å². The number of rotatable bonds is 4. The second-order valence-corrected chi connectivity index (χ2v) is 5.23. The van der Waals surface area contributed by atoms with Gasteiger partial charge in [-0.25, -0.2) is 0 Å². The van der Waals surface area contributed by atoms with Gasteiger partial charge >= 0.3 is 0 Å². The van der Waals surface area contributed by atoms with Gasteiger partial charge in [0.15, 0.2) is 6.10 Å². The van der Waals surface area contributed by atoms with E-state index in [0.29, 0.717) is 18.5 Å². The first kappa shape index (κ1) is 14.0. The predicted molar refractivity (Wildman–Crippen MR) is 72.4 cm³/mol. The van der Waals surface area contributed by atoms with Crippen molar-refractivity contribution in [2.45, 2.75) is 44.4 Å². The second-order valence-electron chi connectivity index (χ2n) is 5.23. The molecule has 2 unspecified atom stereocenters. The molecule has 104 valence electrons. The Balaban J connectivity index is 2.06. The average Bonchev–Trinajstić information content (AvgIpc) is 2.85. The fourth-order valence-corrected chi connectivity index (χ4v) is 2.70. The average molecular weight is 263 g/mol. The number of likely N-dealkylation sites (tertiary alicyclic amines) is 1. The Kier molecular flexibility index (Phi) is 4.56. The highest BCUT2D eigenvalue weighted by atomic mass is 16.3. The lowest BCUT2D eigenvalue weighted by molar-refractivity contribution is -0.141. The van der Waals surface area contributed by atoms with Crippen molar-refractivity contribution < 1.29 is 15.0 Å². The predicted octanol–water partition coefficient (Wildman–Crippen LogP) is 1.48. The summed E-state index contributed by atoms with van der Waals surface area (Å²) < 4.78 is 0. The van der Waals surface area contributed by atoms with Crippen LogP contribution in [0.4, 0.5) is 0 Å². The number of benzene rings is 1. The molecule has 4 nitrogen and oxygen atoms in total. The van der Waals surface area contributed by atoms with Crippen molar-refractivity contribution in [3.8, 4) is 0 Å². The quantitative estimate of drug-likeness (QED) is 0.865. The van der Waals surface area contributed by atoms with Gasteiger partial charge in [0, 0.05) is 12.6 Å². The van der Waals surface area contributed by atoms with Crippen LogP contribution in [-0.2, 0) is 4.79 Å². The van der Waals surface area contributed by atoms with E-state index >= 15 is 0 Å². The highest BCUT2D eigenvalue weighted by Gasteiger charge is 2.33. The SMILES string of the molecule is CC(O)CC1CCCN1C(=O)[C@@H](O)c1ccccc1. The van der Waals surface area contributed by atoms with Crippen LogP contribution in [0.3, 0.4) is 0 Å². The summed E-state index contributed by atoms with van der Waals surface area (Å²) in [6, 6.07) is 9.02. The maximum absolute atomic E-state index is 12.3. The summed E-state index contributed by atoms with van der Waals surface area (Å²) in [5, 5.41) is 19.6. The smallest absolute Gasteiger partial charge is 0.256 e. The number of carbonyl (C=O) groups excluding carboxylic acids is 1. The first-order chi connectivity index (χ1) is 9.09. The van der Waals surface area contributed by atoms with E-state index in [0.717, 1.165) is 12.8 Å². The minimum Gasteiger partial charge on any atom is -0.393 e. The Hall–Kier alpha value is -1.39. The Labute approximate surface area is 113 Å². The molecule has 0 radical (unpaired) electrons. The second kappa shape index (κ2) is 6.17. The summed E-state index contributed by atoms with van der Waals surface area (Å²) in [5.41, 5.74) is 0.621. The van der Waals surface area contributed by atoms with Crippen molar-refractivity contribution in [1.29, 1.82) is 0 Å². The number of amides is 1.